The van der Waals surface area contributed by atoms with Crippen LogP contribution >= 0.6 is 0 Å². The number of hydrogen-bond donors (Lipinski definition) is 2. The van der Waals surface area contributed by atoms with Crippen LogP contribution in [-0.4, -0.2) is 69.2 Å². The third kappa shape index (κ3) is 3.39. The highest BCUT2D eigenvalue weighted by Gasteiger charge is 2.69. The number of hydrogen-bond acceptors (Lipinski definition) is 5. The summed E-state index contributed by atoms with van der Waals surface area (Å²) in [5.74, 6) is -1.36. The van der Waals surface area contributed by atoms with Crippen molar-refractivity contribution in [3.8, 4) is 0 Å². The number of nitrogens with one attached hydrogen (secondary N) is 1. The van der Waals surface area contributed by atoms with Crippen molar-refractivity contribution in [1.29, 1.82) is 0 Å². The van der Waals surface area contributed by atoms with Gasteiger partial charge in [-0.3, -0.25) is 9.59 Å². The highest BCUT2D eigenvalue weighted by Crippen LogP contribution is 2.58. The van der Waals surface area contributed by atoms with E-state index in [4.69, 9.17) is 5.11 Å². The molecule has 11 heteroatoms. The molecule has 0 aromatic carbocycles. The topological polar surface area (TPSA) is 100 Å². The molecule has 3 rings (SSSR count). The van der Waals surface area contributed by atoms with Gasteiger partial charge in [0.05, 0.1) is 18.8 Å². The monoisotopic (exact) mass is 375 g/mol. The van der Waals surface area contributed by atoms with Crippen LogP contribution in [0, 0.1) is 5.41 Å². The van der Waals surface area contributed by atoms with Gasteiger partial charge in [0.15, 0.2) is 5.69 Å². The summed E-state index contributed by atoms with van der Waals surface area (Å²) in [4.78, 5) is 25.5. The van der Waals surface area contributed by atoms with Gasteiger partial charge in [0.1, 0.15) is 5.41 Å². The van der Waals surface area contributed by atoms with E-state index in [9.17, 15) is 22.8 Å². The van der Waals surface area contributed by atoms with E-state index in [-0.39, 0.29) is 50.8 Å². The number of amides is 2. The van der Waals surface area contributed by atoms with Crippen molar-refractivity contribution in [2.45, 2.75) is 37.9 Å². The molecule has 1 atom stereocenters. The Morgan fingerprint density at radius 3 is 2.73 bits per heavy atom. The Kier molecular flexibility index (Phi) is 4.91. The van der Waals surface area contributed by atoms with Crippen LogP contribution < -0.4 is 5.32 Å². The average Bonchev–Trinajstić information content (AvgIpc) is 3.30. The molecule has 0 unspecified atom stereocenters. The predicted octanol–water partition coefficient (Wildman–Crippen LogP) is 0.506. The minimum Gasteiger partial charge on any atom is -0.395 e. The number of aromatic nitrogens is 3. The second-order valence-corrected chi connectivity index (χ2v) is 6.69. The number of aliphatic hydroxyl groups excluding tert-OH is 1. The summed E-state index contributed by atoms with van der Waals surface area (Å²) >= 11 is 0. The molecule has 2 heterocycles. The van der Waals surface area contributed by atoms with Gasteiger partial charge in [-0.1, -0.05) is 5.21 Å². The summed E-state index contributed by atoms with van der Waals surface area (Å²) < 4.78 is 41.0. The van der Waals surface area contributed by atoms with Crippen molar-refractivity contribution in [3.05, 3.63) is 11.9 Å². The van der Waals surface area contributed by atoms with E-state index in [1.807, 2.05) is 0 Å². The molecular formula is C15H20F3N5O3. The standard InChI is InChI=1S/C15H20F3N5O3/c16-15(17,18)14(3-4-14)13(26)22-6-1-2-10(8-22)23-9-11(20-21-23)12(25)19-5-7-24/h9-10,24H,1-8H2,(H,19,25)/t10-/m0/s1. The molecule has 0 radical (unpaired) electrons. The van der Waals surface area contributed by atoms with E-state index in [2.05, 4.69) is 15.6 Å². The molecule has 144 valence electrons. The summed E-state index contributed by atoms with van der Waals surface area (Å²) in [6.45, 7) is 0.265. The van der Waals surface area contributed by atoms with Crippen LogP contribution in [0.15, 0.2) is 6.20 Å². The molecule has 0 spiro atoms. The van der Waals surface area contributed by atoms with E-state index in [0.29, 0.717) is 12.8 Å². The quantitative estimate of drug-likeness (QED) is 0.781. The Morgan fingerprint density at radius 2 is 2.12 bits per heavy atom. The molecule has 1 aromatic rings. The van der Waals surface area contributed by atoms with Gasteiger partial charge in [0, 0.05) is 19.6 Å². The van der Waals surface area contributed by atoms with Crippen molar-refractivity contribution in [1.82, 2.24) is 25.2 Å². The number of nitrogens with zero attached hydrogens (tertiary/aromatic N) is 4. The van der Waals surface area contributed by atoms with Crippen LogP contribution in [0.25, 0.3) is 0 Å². The number of carbonyl (C=O) groups is 2. The highest BCUT2D eigenvalue weighted by molar-refractivity contribution is 5.91. The van der Waals surface area contributed by atoms with Crippen LogP contribution in [0.1, 0.15) is 42.2 Å². The molecule has 2 fully saturated rings. The normalized spacial score (nSPS) is 22.2. The fraction of sp³-hybridized carbons (Fsp3) is 0.733. The van der Waals surface area contributed by atoms with Gasteiger partial charge in [-0.2, -0.15) is 13.2 Å². The van der Waals surface area contributed by atoms with E-state index < -0.39 is 23.4 Å². The van der Waals surface area contributed by atoms with Crippen molar-refractivity contribution in [3.63, 3.8) is 0 Å². The SMILES string of the molecule is O=C(NCCO)c1cn([C@H]2CCCN(C(=O)C3(C(F)(F)F)CC3)C2)nn1. The van der Waals surface area contributed by atoms with Crippen molar-refractivity contribution in [2.24, 2.45) is 5.41 Å². The number of likely N-dealkylation sites (tertiary alicyclic amines) is 1. The summed E-state index contributed by atoms with van der Waals surface area (Å²) in [6.07, 6.45) is -2.26. The molecule has 0 bridgehead atoms. The van der Waals surface area contributed by atoms with E-state index in [1.165, 1.54) is 15.8 Å². The molecule has 2 N–H and O–H groups in total. The van der Waals surface area contributed by atoms with Crippen LogP contribution in [0.2, 0.25) is 0 Å². The fourth-order valence-corrected chi connectivity index (χ4v) is 3.22. The van der Waals surface area contributed by atoms with Gasteiger partial charge in [0.25, 0.3) is 5.91 Å². The Labute approximate surface area is 147 Å². The number of piperidine rings is 1. The number of carbonyl (C=O) groups excluding carboxylic acids is 2. The molecule has 8 nitrogen and oxygen atoms in total. The number of halogens is 3. The Hall–Kier alpha value is -2.17. The molecule has 1 aliphatic heterocycles. The number of aliphatic hydroxyl groups is 1. The van der Waals surface area contributed by atoms with Crippen LogP contribution in [0.4, 0.5) is 13.2 Å². The van der Waals surface area contributed by atoms with E-state index in [1.54, 1.807) is 0 Å². The van der Waals surface area contributed by atoms with Gasteiger partial charge >= 0.3 is 6.18 Å². The smallest absolute Gasteiger partial charge is 0.395 e. The zero-order valence-corrected chi connectivity index (χ0v) is 14.0. The largest absolute Gasteiger partial charge is 0.403 e. The Bertz CT molecular complexity index is 686. The van der Waals surface area contributed by atoms with Crippen LogP contribution in [0.3, 0.4) is 0 Å². The summed E-state index contributed by atoms with van der Waals surface area (Å²) in [5, 5.41) is 18.8. The lowest BCUT2D eigenvalue weighted by Crippen LogP contribution is -2.48. The second-order valence-electron chi connectivity index (χ2n) is 6.69. The van der Waals surface area contributed by atoms with Crippen LogP contribution in [0.5, 0.6) is 0 Å². The lowest BCUT2D eigenvalue weighted by Gasteiger charge is -2.35. The molecule has 2 amide bonds. The molecule has 1 aromatic heterocycles. The molecule has 2 aliphatic rings. The van der Waals surface area contributed by atoms with E-state index in [0.717, 1.165) is 0 Å². The summed E-state index contributed by atoms with van der Waals surface area (Å²) in [7, 11) is 0. The first-order valence-electron chi connectivity index (χ1n) is 8.45. The van der Waals surface area contributed by atoms with Crippen molar-refractivity contribution >= 4 is 11.8 Å². The molecular weight excluding hydrogens is 355 g/mol. The first-order valence-corrected chi connectivity index (χ1v) is 8.45. The Balaban J connectivity index is 1.67. The summed E-state index contributed by atoms with van der Waals surface area (Å²) in [5.41, 5.74) is -2.16. The van der Waals surface area contributed by atoms with Gasteiger partial charge in [-0.25, -0.2) is 4.68 Å². The molecule has 26 heavy (non-hydrogen) atoms. The molecule has 1 saturated carbocycles. The maximum absolute atomic E-state index is 13.2. The molecule has 1 saturated heterocycles. The third-order valence-corrected chi connectivity index (χ3v) is 4.90. The van der Waals surface area contributed by atoms with Crippen LogP contribution in [-0.2, 0) is 4.79 Å². The van der Waals surface area contributed by atoms with Crippen molar-refractivity contribution in [2.75, 3.05) is 26.2 Å². The zero-order chi connectivity index (χ0) is 18.9. The second kappa shape index (κ2) is 6.86. The minimum absolute atomic E-state index is 0.0517. The fourth-order valence-electron chi connectivity index (χ4n) is 3.22. The average molecular weight is 375 g/mol. The first kappa shape index (κ1) is 18.6. The van der Waals surface area contributed by atoms with Crippen molar-refractivity contribution < 1.29 is 27.9 Å². The zero-order valence-electron chi connectivity index (χ0n) is 14.0. The highest BCUT2D eigenvalue weighted by atomic mass is 19.4. The molecule has 1 aliphatic carbocycles. The lowest BCUT2D eigenvalue weighted by molar-refractivity contribution is -0.199. The summed E-state index contributed by atoms with van der Waals surface area (Å²) in [6, 6.07) is -0.330. The predicted molar refractivity (Wildman–Crippen MR) is 82.0 cm³/mol. The maximum Gasteiger partial charge on any atom is 0.403 e. The first-order chi connectivity index (χ1) is 12.3. The van der Waals surface area contributed by atoms with Gasteiger partial charge in [-0.15, -0.1) is 5.10 Å². The van der Waals surface area contributed by atoms with Gasteiger partial charge in [-0.05, 0) is 25.7 Å². The minimum atomic E-state index is -4.53. The third-order valence-electron chi connectivity index (χ3n) is 4.90. The Morgan fingerprint density at radius 1 is 1.38 bits per heavy atom. The number of alkyl halides is 3. The lowest BCUT2D eigenvalue weighted by atomic mass is 10.00. The van der Waals surface area contributed by atoms with E-state index >= 15 is 0 Å². The van der Waals surface area contributed by atoms with Gasteiger partial charge in [0.2, 0.25) is 5.91 Å². The maximum atomic E-state index is 13.2. The number of rotatable bonds is 5. The van der Waals surface area contributed by atoms with Gasteiger partial charge < -0.3 is 15.3 Å².